The SMILES string of the molecule is Cc1ncoc1-c1nnc(SCCCN2CC3CC3(c3ccc(-c4cccc(C(F)(F)F)n4)cc3)C2)n1C. The van der Waals surface area contributed by atoms with Gasteiger partial charge in [0.15, 0.2) is 17.3 Å². The van der Waals surface area contributed by atoms with Gasteiger partial charge in [-0.25, -0.2) is 9.97 Å². The maximum Gasteiger partial charge on any atom is 0.433 e. The van der Waals surface area contributed by atoms with Crippen LogP contribution in [0.4, 0.5) is 13.2 Å². The summed E-state index contributed by atoms with van der Waals surface area (Å²) in [6.07, 6.45) is -0.823. The van der Waals surface area contributed by atoms with Gasteiger partial charge in [-0.05, 0) is 49.9 Å². The lowest BCUT2D eigenvalue weighted by atomic mass is 9.93. The van der Waals surface area contributed by atoms with E-state index in [1.165, 1.54) is 24.4 Å². The minimum atomic E-state index is -4.45. The fourth-order valence-electron chi connectivity index (χ4n) is 5.54. The van der Waals surface area contributed by atoms with Gasteiger partial charge in [-0.2, -0.15) is 13.2 Å². The van der Waals surface area contributed by atoms with Gasteiger partial charge in [0.1, 0.15) is 5.69 Å². The summed E-state index contributed by atoms with van der Waals surface area (Å²) in [5.41, 5.74) is 2.40. The number of aryl methyl sites for hydroxylation is 1. The van der Waals surface area contributed by atoms with Crippen LogP contribution in [-0.4, -0.2) is 55.0 Å². The van der Waals surface area contributed by atoms with E-state index < -0.39 is 11.9 Å². The van der Waals surface area contributed by atoms with Crippen molar-refractivity contribution >= 4 is 11.8 Å². The molecule has 3 aromatic heterocycles. The minimum absolute atomic E-state index is 0.167. The third-order valence-corrected chi connectivity index (χ3v) is 8.75. The standard InChI is InChI=1S/C27H27F3N6OS/c1-17-23(37-16-31-17)24-33-34-25(35(24)2)38-12-4-11-36-14-20-13-26(20,15-36)19-9-7-18(8-10-19)21-5-3-6-22(32-21)27(28,29)30/h3,5-10,16,20H,4,11-15H2,1-2H3. The second kappa shape index (κ2) is 9.53. The van der Waals surface area contributed by atoms with Gasteiger partial charge in [-0.3, -0.25) is 0 Å². The van der Waals surface area contributed by atoms with Gasteiger partial charge in [0.2, 0.25) is 5.82 Å². The summed E-state index contributed by atoms with van der Waals surface area (Å²) in [6, 6.07) is 12.0. The van der Waals surface area contributed by atoms with E-state index in [0.29, 0.717) is 28.8 Å². The average molecular weight is 541 g/mol. The van der Waals surface area contributed by atoms with Crippen molar-refractivity contribution in [1.29, 1.82) is 0 Å². The Morgan fingerprint density at radius 2 is 1.95 bits per heavy atom. The molecule has 198 valence electrons. The second-order valence-corrected chi connectivity index (χ2v) is 11.2. The molecule has 1 saturated heterocycles. The van der Waals surface area contributed by atoms with Crippen molar-refractivity contribution in [2.24, 2.45) is 13.0 Å². The smallest absolute Gasteiger partial charge is 0.433 e. The number of piperidine rings is 1. The lowest BCUT2D eigenvalue weighted by Crippen LogP contribution is -2.27. The zero-order valence-corrected chi connectivity index (χ0v) is 21.9. The van der Waals surface area contributed by atoms with Crippen LogP contribution in [0.15, 0.2) is 58.4 Å². The number of aromatic nitrogens is 5. The predicted octanol–water partition coefficient (Wildman–Crippen LogP) is 5.62. The summed E-state index contributed by atoms with van der Waals surface area (Å²) >= 11 is 1.69. The molecule has 4 heterocycles. The third-order valence-electron chi connectivity index (χ3n) is 7.64. The number of rotatable bonds is 8. The van der Waals surface area contributed by atoms with E-state index >= 15 is 0 Å². The molecule has 2 fully saturated rings. The third kappa shape index (κ3) is 4.62. The zero-order valence-electron chi connectivity index (χ0n) is 21.1. The molecule has 4 aromatic rings. The lowest BCUT2D eigenvalue weighted by molar-refractivity contribution is -0.141. The molecule has 0 bridgehead atoms. The Labute approximate surface area is 222 Å². The number of pyridine rings is 1. The molecule has 6 rings (SSSR count). The highest BCUT2D eigenvalue weighted by Crippen LogP contribution is 2.59. The molecule has 0 amide bonds. The number of hydrogen-bond acceptors (Lipinski definition) is 7. The first-order chi connectivity index (χ1) is 18.2. The topological polar surface area (TPSA) is 72.9 Å². The number of hydrogen-bond donors (Lipinski definition) is 0. The molecule has 11 heteroatoms. The van der Waals surface area contributed by atoms with Crippen LogP contribution in [0, 0.1) is 12.8 Å². The fraction of sp³-hybridized carbons (Fsp3) is 0.407. The molecular formula is C27H27F3N6OS. The summed E-state index contributed by atoms with van der Waals surface area (Å²) in [7, 11) is 1.94. The van der Waals surface area contributed by atoms with Crippen LogP contribution in [0.5, 0.6) is 0 Å². The van der Waals surface area contributed by atoms with Gasteiger partial charge in [0.05, 0.1) is 11.4 Å². The van der Waals surface area contributed by atoms with Crippen LogP contribution in [0.3, 0.4) is 0 Å². The Morgan fingerprint density at radius 1 is 1.13 bits per heavy atom. The van der Waals surface area contributed by atoms with Crippen LogP contribution in [0.1, 0.15) is 29.8 Å². The number of nitrogens with zero attached hydrogens (tertiary/aromatic N) is 6. The Balaban J connectivity index is 1.03. The van der Waals surface area contributed by atoms with E-state index in [4.69, 9.17) is 4.42 Å². The van der Waals surface area contributed by atoms with Crippen LogP contribution < -0.4 is 0 Å². The first-order valence-corrected chi connectivity index (χ1v) is 13.5. The Bertz CT molecular complexity index is 1450. The summed E-state index contributed by atoms with van der Waals surface area (Å²) in [6.45, 7) is 5.00. The number of alkyl halides is 3. The number of oxazole rings is 1. The van der Waals surface area contributed by atoms with Crippen molar-refractivity contribution in [1.82, 2.24) is 29.6 Å². The molecular weight excluding hydrogens is 513 g/mol. The number of benzene rings is 1. The molecule has 1 saturated carbocycles. The lowest BCUT2D eigenvalue weighted by Gasteiger charge is -2.21. The first kappa shape index (κ1) is 25.1. The average Bonchev–Trinajstić information content (AvgIpc) is 3.18. The van der Waals surface area contributed by atoms with Crippen LogP contribution >= 0.6 is 11.8 Å². The molecule has 2 unspecified atom stereocenters. The van der Waals surface area contributed by atoms with Crippen molar-refractivity contribution in [2.75, 3.05) is 25.4 Å². The van der Waals surface area contributed by atoms with E-state index in [-0.39, 0.29) is 5.41 Å². The molecule has 0 spiro atoms. The quantitative estimate of drug-likeness (QED) is 0.212. The van der Waals surface area contributed by atoms with Crippen LogP contribution in [-0.2, 0) is 18.6 Å². The number of halogens is 3. The highest BCUT2D eigenvalue weighted by atomic mass is 32.2. The van der Waals surface area contributed by atoms with Crippen molar-refractivity contribution in [2.45, 2.75) is 36.5 Å². The maximum atomic E-state index is 13.0. The Morgan fingerprint density at radius 3 is 2.68 bits per heavy atom. The zero-order chi connectivity index (χ0) is 26.5. The maximum absolute atomic E-state index is 13.0. The van der Waals surface area contributed by atoms with Gasteiger partial charge in [0, 0.05) is 36.9 Å². The molecule has 0 N–H and O–H groups in total. The second-order valence-electron chi connectivity index (χ2n) is 10.1. The number of fused-ring (bicyclic) bond motifs is 1. The molecule has 1 aromatic carbocycles. The largest absolute Gasteiger partial charge is 0.440 e. The molecule has 2 aliphatic rings. The van der Waals surface area contributed by atoms with E-state index in [1.54, 1.807) is 17.8 Å². The van der Waals surface area contributed by atoms with Crippen molar-refractivity contribution in [3.8, 4) is 22.8 Å². The number of likely N-dealkylation sites (tertiary alicyclic amines) is 1. The van der Waals surface area contributed by atoms with E-state index in [1.807, 2.05) is 30.7 Å². The minimum Gasteiger partial charge on any atom is -0.440 e. The van der Waals surface area contributed by atoms with Gasteiger partial charge in [0.25, 0.3) is 0 Å². The summed E-state index contributed by atoms with van der Waals surface area (Å²) < 4.78 is 46.5. The van der Waals surface area contributed by atoms with Crippen LogP contribution in [0.25, 0.3) is 22.8 Å². The van der Waals surface area contributed by atoms with E-state index in [0.717, 1.165) is 48.7 Å². The van der Waals surface area contributed by atoms with Crippen molar-refractivity contribution in [3.63, 3.8) is 0 Å². The highest BCUT2D eigenvalue weighted by Gasteiger charge is 2.60. The van der Waals surface area contributed by atoms with Gasteiger partial charge < -0.3 is 13.9 Å². The fourth-order valence-corrected chi connectivity index (χ4v) is 6.37. The molecule has 1 aliphatic carbocycles. The molecule has 38 heavy (non-hydrogen) atoms. The summed E-state index contributed by atoms with van der Waals surface area (Å²) in [4.78, 5) is 10.5. The van der Waals surface area contributed by atoms with E-state index in [9.17, 15) is 13.2 Å². The van der Waals surface area contributed by atoms with Crippen molar-refractivity contribution < 1.29 is 17.6 Å². The molecule has 7 nitrogen and oxygen atoms in total. The Hall–Kier alpha value is -3.18. The number of thioether (sulfide) groups is 1. The van der Waals surface area contributed by atoms with Gasteiger partial charge >= 0.3 is 6.18 Å². The summed E-state index contributed by atoms with van der Waals surface area (Å²) in [5.74, 6) is 2.90. The predicted molar refractivity (Wildman–Crippen MR) is 137 cm³/mol. The Kier molecular flexibility index (Phi) is 6.30. The highest BCUT2D eigenvalue weighted by molar-refractivity contribution is 7.99. The molecule has 0 radical (unpaired) electrons. The van der Waals surface area contributed by atoms with Crippen molar-refractivity contribution in [3.05, 3.63) is 65.8 Å². The molecule has 1 aliphatic heterocycles. The van der Waals surface area contributed by atoms with Gasteiger partial charge in [-0.15, -0.1) is 10.2 Å². The monoisotopic (exact) mass is 540 g/mol. The van der Waals surface area contributed by atoms with Crippen LogP contribution in [0.2, 0.25) is 0 Å². The first-order valence-electron chi connectivity index (χ1n) is 12.5. The normalized spacial score (nSPS) is 21.1. The van der Waals surface area contributed by atoms with E-state index in [2.05, 4.69) is 37.2 Å². The van der Waals surface area contributed by atoms with Gasteiger partial charge in [-0.1, -0.05) is 42.1 Å². The summed E-state index contributed by atoms with van der Waals surface area (Å²) in [5, 5.41) is 9.43. The molecule has 2 atom stereocenters.